The fourth-order valence-corrected chi connectivity index (χ4v) is 2.92. The normalized spacial score (nSPS) is 13.1. The summed E-state index contributed by atoms with van der Waals surface area (Å²) in [6.45, 7) is 5.05. The first kappa shape index (κ1) is 25.4. The Bertz CT molecular complexity index is 1030. The highest BCUT2D eigenvalue weighted by Crippen LogP contribution is 2.18. The summed E-state index contributed by atoms with van der Waals surface area (Å²) in [7, 11) is 1.81. The molecule has 0 aliphatic rings. The van der Waals surface area contributed by atoms with Gasteiger partial charge in [0.05, 0.1) is 25.5 Å². The van der Waals surface area contributed by atoms with E-state index in [1.807, 2.05) is 38.2 Å². The zero-order valence-corrected chi connectivity index (χ0v) is 20.7. The second-order valence-corrected chi connectivity index (χ2v) is 7.36. The Hall–Kier alpha value is -2.86. The van der Waals surface area contributed by atoms with Crippen molar-refractivity contribution in [2.45, 2.75) is 26.0 Å². The molecule has 1 aromatic carbocycles. The van der Waals surface area contributed by atoms with Crippen molar-refractivity contribution in [2.75, 3.05) is 18.4 Å². The molecule has 4 N–H and O–H groups in total. The van der Waals surface area contributed by atoms with Crippen LogP contribution in [-0.4, -0.2) is 39.8 Å². The van der Waals surface area contributed by atoms with E-state index in [1.165, 1.54) is 6.26 Å². The van der Waals surface area contributed by atoms with Crippen molar-refractivity contribution >= 4 is 41.5 Å². The summed E-state index contributed by atoms with van der Waals surface area (Å²) in [5, 5.41) is 24.0. The highest BCUT2D eigenvalue weighted by atomic mass is 127. The van der Waals surface area contributed by atoms with Crippen molar-refractivity contribution in [3.63, 3.8) is 0 Å². The van der Waals surface area contributed by atoms with E-state index in [0.717, 1.165) is 11.1 Å². The van der Waals surface area contributed by atoms with Crippen molar-refractivity contribution in [2.24, 2.45) is 12.0 Å². The lowest BCUT2D eigenvalue weighted by Crippen LogP contribution is -2.44. The first-order valence-corrected chi connectivity index (χ1v) is 10.0. The Morgan fingerprint density at radius 2 is 2.09 bits per heavy atom. The van der Waals surface area contributed by atoms with Gasteiger partial charge in [-0.1, -0.05) is 12.1 Å². The molecule has 0 spiro atoms. The number of carbonyl (C=O) groups is 1. The number of aliphatic hydroxyl groups is 1. The number of nitrogens with one attached hydrogen (secondary N) is 3. The van der Waals surface area contributed by atoms with Crippen LogP contribution in [0.1, 0.15) is 35.5 Å². The molecule has 0 fully saturated rings. The van der Waals surface area contributed by atoms with E-state index in [9.17, 15) is 9.90 Å². The summed E-state index contributed by atoms with van der Waals surface area (Å²) >= 11 is 0. The van der Waals surface area contributed by atoms with Crippen molar-refractivity contribution in [1.29, 1.82) is 0 Å². The molecule has 1 atom stereocenters. The Labute approximate surface area is 204 Å². The summed E-state index contributed by atoms with van der Waals surface area (Å²) in [5.41, 5.74) is 1.21. The number of benzene rings is 1. The molecule has 0 aliphatic carbocycles. The number of anilines is 1. The molecule has 2 aromatic heterocycles. The lowest BCUT2D eigenvalue weighted by Gasteiger charge is -2.23. The van der Waals surface area contributed by atoms with E-state index in [1.54, 1.807) is 36.1 Å². The minimum absolute atomic E-state index is 0. The number of rotatable bonds is 8. The molecule has 3 aromatic rings. The van der Waals surface area contributed by atoms with E-state index in [-0.39, 0.29) is 42.2 Å². The minimum Gasteiger partial charge on any atom is -0.459 e. The number of furan rings is 1. The summed E-state index contributed by atoms with van der Waals surface area (Å²) < 4.78 is 6.77. The van der Waals surface area contributed by atoms with Crippen molar-refractivity contribution < 1.29 is 14.3 Å². The number of aryl methyl sites for hydroxylation is 1. The number of carbonyl (C=O) groups excluding carboxylic acids is 1. The molecule has 9 nitrogen and oxygen atoms in total. The highest BCUT2D eigenvalue weighted by molar-refractivity contribution is 14.0. The number of nitrogens with zero attached hydrogens (tertiary/aromatic N) is 3. The minimum atomic E-state index is -1.10. The maximum absolute atomic E-state index is 12.2. The van der Waals surface area contributed by atoms with Gasteiger partial charge in [0.1, 0.15) is 5.60 Å². The van der Waals surface area contributed by atoms with Gasteiger partial charge in [-0.05, 0) is 43.7 Å². The number of hydrogen-bond donors (Lipinski definition) is 4. The molecule has 10 heteroatoms. The molecule has 0 saturated heterocycles. The largest absolute Gasteiger partial charge is 0.459 e. The Balaban J connectivity index is 0.00000363. The van der Waals surface area contributed by atoms with Gasteiger partial charge in [0.2, 0.25) is 0 Å². The van der Waals surface area contributed by atoms with Crippen LogP contribution in [0.2, 0.25) is 0 Å². The van der Waals surface area contributed by atoms with Gasteiger partial charge in [0, 0.05) is 31.0 Å². The molecule has 0 bridgehead atoms. The van der Waals surface area contributed by atoms with Crippen molar-refractivity contribution in [3.8, 4) is 0 Å². The molecule has 3 rings (SSSR count). The molecule has 1 amide bonds. The lowest BCUT2D eigenvalue weighted by atomic mass is 10.00. The number of amides is 1. The fraction of sp³-hybridized carbons (Fsp3) is 0.318. The van der Waals surface area contributed by atoms with E-state index in [4.69, 9.17) is 4.42 Å². The van der Waals surface area contributed by atoms with Crippen LogP contribution in [0, 0.1) is 0 Å². The molecular formula is C22H29IN6O3. The van der Waals surface area contributed by atoms with Gasteiger partial charge < -0.3 is 25.5 Å². The van der Waals surface area contributed by atoms with Gasteiger partial charge >= 0.3 is 0 Å². The highest BCUT2D eigenvalue weighted by Gasteiger charge is 2.25. The molecule has 0 aliphatic heterocycles. The number of halogens is 1. The first-order valence-electron chi connectivity index (χ1n) is 10.0. The van der Waals surface area contributed by atoms with Crippen LogP contribution in [-0.2, 0) is 19.2 Å². The van der Waals surface area contributed by atoms with E-state index in [2.05, 4.69) is 26.0 Å². The van der Waals surface area contributed by atoms with Crippen molar-refractivity contribution in [3.05, 3.63) is 71.9 Å². The SMILES string of the molecule is CCNC(=NCc1cccc(NC(=O)c2ccco2)c1)NCC(C)(O)c1cnn(C)c1.I. The summed E-state index contributed by atoms with van der Waals surface area (Å²) in [5.74, 6) is 0.526. The van der Waals surface area contributed by atoms with Crippen LogP contribution in [0.4, 0.5) is 5.69 Å². The number of guanidine groups is 1. The molecule has 0 saturated carbocycles. The van der Waals surface area contributed by atoms with E-state index in [0.29, 0.717) is 24.7 Å². The summed E-state index contributed by atoms with van der Waals surface area (Å²) in [4.78, 5) is 16.7. The third kappa shape index (κ3) is 7.09. The molecule has 172 valence electrons. The van der Waals surface area contributed by atoms with E-state index < -0.39 is 5.60 Å². The second-order valence-electron chi connectivity index (χ2n) is 7.36. The molecule has 1 unspecified atom stereocenters. The molecular weight excluding hydrogens is 523 g/mol. The van der Waals surface area contributed by atoms with Crippen LogP contribution in [0.5, 0.6) is 0 Å². The maximum Gasteiger partial charge on any atom is 0.291 e. The zero-order chi connectivity index (χ0) is 22.3. The Kier molecular flexibility index (Phi) is 9.27. The Morgan fingerprint density at radius 1 is 1.28 bits per heavy atom. The maximum atomic E-state index is 12.2. The standard InChI is InChI=1S/C22H28N6O3.HI/c1-4-23-21(25-15-22(2,30)17-13-26-28(3)14-17)24-12-16-7-5-8-18(11-16)27-20(29)19-9-6-10-31-19;/h5-11,13-14,30H,4,12,15H2,1-3H3,(H,27,29)(H2,23,24,25);1H. The van der Waals surface area contributed by atoms with Gasteiger partial charge in [-0.3, -0.25) is 9.48 Å². The average molecular weight is 552 g/mol. The average Bonchev–Trinajstić information content (AvgIpc) is 3.43. The number of aromatic nitrogens is 2. The smallest absolute Gasteiger partial charge is 0.291 e. The van der Waals surface area contributed by atoms with Gasteiger partial charge in [-0.2, -0.15) is 5.10 Å². The van der Waals surface area contributed by atoms with Crippen LogP contribution >= 0.6 is 24.0 Å². The fourth-order valence-electron chi connectivity index (χ4n) is 2.92. The van der Waals surface area contributed by atoms with Crippen molar-refractivity contribution in [1.82, 2.24) is 20.4 Å². The van der Waals surface area contributed by atoms with Crippen LogP contribution in [0.3, 0.4) is 0 Å². The molecule has 2 heterocycles. The third-order valence-corrected chi connectivity index (χ3v) is 4.62. The predicted octanol–water partition coefficient (Wildman–Crippen LogP) is 2.85. The van der Waals surface area contributed by atoms with Gasteiger partial charge in [0.25, 0.3) is 5.91 Å². The topological polar surface area (TPSA) is 117 Å². The summed E-state index contributed by atoms with van der Waals surface area (Å²) in [6.07, 6.45) is 4.89. The molecule has 32 heavy (non-hydrogen) atoms. The van der Waals surface area contributed by atoms with Crippen LogP contribution < -0.4 is 16.0 Å². The number of hydrogen-bond acceptors (Lipinski definition) is 5. The van der Waals surface area contributed by atoms with E-state index >= 15 is 0 Å². The Morgan fingerprint density at radius 3 is 2.75 bits per heavy atom. The monoisotopic (exact) mass is 552 g/mol. The lowest BCUT2D eigenvalue weighted by molar-refractivity contribution is 0.0616. The number of aliphatic imine (C=N–C) groups is 1. The van der Waals surface area contributed by atoms with Gasteiger partial charge in [-0.25, -0.2) is 4.99 Å². The van der Waals surface area contributed by atoms with Gasteiger partial charge in [0.15, 0.2) is 11.7 Å². The predicted molar refractivity (Wildman–Crippen MR) is 134 cm³/mol. The molecule has 0 radical (unpaired) electrons. The summed E-state index contributed by atoms with van der Waals surface area (Å²) in [6, 6.07) is 10.7. The zero-order valence-electron chi connectivity index (χ0n) is 18.3. The van der Waals surface area contributed by atoms with Crippen LogP contribution in [0.25, 0.3) is 0 Å². The quantitative estimate of drug-likeness (QED) is 0.194. The second kappa shape index (κ2) is 11.7. The van der Waals surface area contributed by atoms with Gasteiger partial charge in [-0.15, -0.1) is 24.0 Å². The first-order chi connectivity index (χ1) is 14.9. The third-order valence-electron chi connectivity index (χ3n) is 4.62. The van der Waals surface area contributed by atoms with Crippen LogP contribution in [0.15, 0.2) is 64.5 Å².